The highest BCUT2D eigenvalue weighted by atomic mass is 32.1. The van der Waals surface area contributed by atoms with Crippen molar-refractivity contribution in [3.63, 3.8) is 0 Å². The van der Waals surface area contributed by atoms with Crippen molar-refractivity contribution >= 4 is 16.7 Å². The molecule has 1 aliphatic rings. The molecular weight excluding hydrogens is 198 g/mol. The molecule has 0 spiro atoms. The van der Waals surface area contributed by atoms with Crippen LogP contribution in [-0.2, 0) is 0 Å². The van der Waals surface area contributed by atoms with Crippen LogP contribution in [-0.4, -0.2) is 52.9 Å². The van der Waals surface area contributed by atoms with E-state index in [2.05, 4.69) is 38.7 Å². The second kappa shape index (κ2) is 4.18. The van der Waals surface area contributed by atoms with Crippen molar-refractivity contribution in [2.45, 2.75) is 18.9 Å². The van der Waals surface area contributed by atoms with Gasteiger partial charge in [0.1, 0.15) is 0 Å². The van der Waals surface area contributed by atoms with Crippen LogP contribution < -0.4 is 4.90 Å². The first-order valence-electron chi connectivity index (χ1n) is 4.84. The third kappa shape index (κ3) is 2.01. The Morgan fingerprint density at radius 2 is 2.14 bits per heavy atom. The Morgan fingerprint density at radius 1 is 1.43 bits per heavy atom. The van der Waals surface area contributed by atoms with Gasteiger partial charge in [0.25, 0.3) is 0 Å². The van der Waals surface area contributed by atoms with Gasteiger partial charge >= 0.3 is 0 Å². The van der Waals surface area contributed by atoms with Gasteiger partial charge in [-0.2, -0.15) is 0 Å². The van der Waals surface area contributed by atoms with Crippen LogP contribution in [0, 0.1) is 0 Å². The first kappa shape index (κ1) is 9.79. The SMILES string of the molecule is CN1CCC(N(C)c2nnns2)CC1. The molecule has 1 aliphatic heterocycles. The third-order valence-electron chi connectivity index (χ3n) is 2.83. The number of likely N-dealkylation sites (tertiary alicyclic amines) is 1. The van der Waals surface area contributed by atoms with Gasteiger partial charge in [0.15, 0.2) is 0 Å². The number of hydrogen-bond donors (Lipinski definition) is 0. The summed E-state index contributed by atoms with van der Waals surface area (Å²) < 4.78 is 3.78. The number of anilines is 1. The monoisotopic (exact) mass is 213 g/mol. The Bertz CT molecular complexity index is 267. The molecular formula is C8H15N5S. The van der Waals surface area contributed by atoms with Crippen LogP contribution in [0.3, 0.4) is 0 Å². The number of hydrogen-bond acceptors (Lipinski definition) is 6. The summed E-state index contributed by atoms with van der Waals surface area (Å²) in [7, 11) is 4.25. The number of rotatable bonds is 2. The predicted octanol–water partition coefficient (Wildman–Crippen LogP) is 0.463. The third-order valence-corrected chi connectivity index (χ3v) is 3.51. The Kier molecular flexibility index (Phi) is 2.93. The molecule has 5 nitrogen and oxygen atoms in total. The molecule has 0 amide bonds. The Hall–Kier alpha value is -0.750. The lowest BCUT2D eigenvalue weighted by molar-refractivity contribution is 0.252. The van der Waals surface area contributed by atoms with Gasteiger partial charge in [0, 0.05) is 24.6 Å². The standard InChI is InChI=1S/C8H15N5S/c1-12-5-3-7(4-6-12)13(2)8-9-10-11-14-8/h7H,3-6H2,1-2H3. The smallest absolute Gasteiger partial charge is 0.227 e. The fourth-order valence-electron chi connectivity index (χ4n) is 1.80. The summed E-state index contributed by atoms with van der Waals surface area (Å²) in [6.45, 7) is 2.34. The summed E-state index contributed by atoms with van der Waals surface area (Å²) >= 11 is 1.37. The maximum atomic E-state index is 3.98. The van der Waals surface area contributed by atoms with E-state index in [1.54, 1.807) is 0 Å². The van der Waals surface area contributed by atoms with E-state index in [0.717, 1.165) is 5.13 Å². The van der Waals surface area contributed by atoms with Crippen LogP contribution in [0.1, 0.15) is 12.8 Å². The predicted molar refractivity (Wildman–Crippen MR) is 56.6 cm³/mol. The van der Waals surface area contributed by atoms with Gasteiger partial charge in [0.2, 0.25) is 5.13 Å². The van der Waals surface area contributed by atoms with Gasteiger partial charge < -0.3 is 9.80 Å². The fourth-order valence-corrected chi connectivity index (χ4v) is 2.30. The quantitative estimate of drug-likeness (QED) is 0.714. The molecule has 0 unspecified atom stereocenters. The molecule has 0 aliphatic carbocycles. The average molecular weight is 213 g/mol. The highest BCUT2D eigenvalue weighted by Gasteiger charge is 2.22. The van der Waals surface area contributed by atoms with E-state index < -0.39 is 0 Å². The molecule has 0 atom stereocenters. The molecule has 2 heterocycles. The van der Waals surface area contributed by atoms with Crippen LogP contribution in [0.4, 0.5) is 5.13 Å². The van der Waals surface area contributed by atoms with E-state index >= 15 is 0 Å². The molecule has 0 N–H and O–H groups in total. The Morgan fingerprint density at radius 3 is 2.71 bits per heavy atom. The molecule has 1 fully saturated rings. The van der Waals surface area contributed by atoms with Gasteiger partial charge in [-0.3, -0.25) is 0 Å². The first-order valence-corrected chi connectivity index (χ1v) is 5.61. The molecule has 2 rings (SSSR count). The molecule has 6 heteroatoms. The summed E-state index contributed by atoms with van der Waals surface area (Å²) in [5.74, 6) is 0. The topological polar surface area (TPSA) is 45.2 Å². The maximum absolute atomic E-state index is 3.98. The van der Waals surface area contributed by atoms with E-state index in [4.69, 9.17) is 0 Å². The minimum absolute atomic E-state index is 0.598. The van der Waals surface area contributed by atoms with Crippen molar-refractivity contribution in [3.05, 3.63) is 0 Å². The Labute approximate surface area is 87.9 Å². The zero-order valence-electron chi connectivity index (χ0n) is 8.55. The number of nitrogens with zero attached hydrogens (tertiary/aromatic N) is 5. The van der Waals surface area contributed by atoms with Gasteiger partial charge in [0.05, 0.1) is 0 Å². The second-order valence-corrected chi connectivity index (χ2v) is 4.50. The molecule has 78 valence electrons. The lowest BCUT2D eigenvalue weighted by atomic mass is 10.1. The van der Waals surface area contributed by atoms with Crippen molar-refractivity contribution < 1.29 is 0 Å². The number of aromatic nitrogens is 3. The van der Waals surface area contributed by atoms with Gasteiger partial charge in [-0.1, -0.05) is 9.59 Å². The van der Waals surface area contributed by atoms with E-state index in [-0.39, 0.29) is 0 Å². The highest BCUT2D eigenvalue weighted by molar-refractivity contribution is 7.09. The van der Waals surface area contributed by atoms with E-state index in [0.29, 0.717) is 6.04 Å². The van der Waals surface area contributed by atoms with Gasteiger partial charge in [-0.15, -0.1) is 0 Å². The molecule has 0 radical (unpaired) electrons. The lowest BCUT2D eigenvalue weighted by Gasteiger charge is -2.34. The molecule has 1 aromatic heterocycles. The van der Waals surface area contributed by atoms with E-state index in [1.807, 2.05) is 0 Å². The Balaban J connectivity index is 1.95. The first-order chi connectivity index (χ1) is 6.77. The van der Waals surface area contributed by atoms with Crippen LogP contribution >= 0.6 is 11.5 Å². The molecule has 14 heavy (non-hydrogen) atoms. The average Bonchev–Trinajstić information content (AvgIpc) is 2.71. The highest BCUT2D eigenvalue weighted by Crippen LogP contribution is 2.21. The van der Waals surface area contributed by atoms with Crippen molar-refractivity contribution in [3.8, 4) is 0 Å². The zero-order valence-corrected chi connectivity index (χ0v) is 9.37. The van der Waals surface area contributed by atoms with Crippen LogP contribution in [0.5, 0.6) is 0 Å². The molecule has 0 saturated carbocycles. The maximum Gasteiger partial charge on any atom is 0.227 e. The normalized spacial score (nSPS) is 19.9. The van der Waals surface area contributed by atoms with Crippen LogP contribution in [0.2, 0.25) is 0 Å². The summed E-state index contributed by atoms with van der Waals surface area (Å²) in [5.41, 5.74) is 0. The van der Waals surface area contributed by atoms with Crippen molar-refractivity contribution in [1.82, 2.24) is 19.7 Å². The summed E-state index contributed by atoms with van der Waals surface area (Å²) in [6, 6.07) is 0.598. The van der Waals surface area contributed by atoms with Gasteiger partial charge in [-0.05, 0) is 38.2 Å². The van der Waals surface area contributed by atoms with Crippen LogP contribution in [0.25, 0.3) is 0 Å². The summed E-state index contributed by atoms with van der Waals surface area (Å²) in [5, 5.41) is 8.53. The lowest BCUT2D eigenvalue weighted by Crippen LogP contribution is -2.41. The molecule has 1 aromatic rings. The molecule has 1 saturated heterocycles. The number of piperidine rings is 1. The van der Waals surface area contributed by atoms with Crippen molar-refractivity contribution in [1.29, 1.82) is 0 Å². The van der Waals surface area contributed by atoms with E-state index in [9.17, 15) is 0 Å². The largest absolute Gasteiger partial charge is 0.345 e. The summed E-state index contributed by atoms with van der Waals surface area (Å²) in [6.07, 6.45) is 2.40. The fraction of sp³-hybridized carbons (Fsp3) is 0.875. The van der Waals surface area contributed by atoms with Crippen LogP contribution in [0.15, 0.2) is 0 Å². The van der Waals surface area contributed by atoms with Gasteiger partial charge in [-0.25, -0.2) is 0 Å². The van der Waals surface area contributed by atoms with Crippen molar-refractivity contribution in [2.24, 2.45) is 0 Å². The minimum Gasteiger partial charge on any atom is -0.345 e. The van der Waals surface area contributed by atoms with E-state index in [1.165, 1.54) is 37.5 Å². The minimum atomic E-state index is 0.598. The molecule has 0 aromatic carbocycles. The van der Waals surface area contributed by atoms with Crippen molar-refractivity contribution in [2.75, 3.05) is 32.1 Å². The molecule has 0 bridgehead atoms. The zero-order chi connectivity index (χ0) is 9.97. The second-order valence-electron chi connectivity index (χ2n) is 3.79. The summed E-state index contributed by atoms with van der Waals surface area (Å²) in [4.78, 5) is 4.57.